The number of benzene rings is 1. The number of alkyl carbamates (subject to hydrolysis) is 1. The van der Waals surface area contributed by atoms with Gasteiger partial charge >= 0.3 is 29.6 Å². The lowest BCUT2D eigenvalue weighted by Crippen LogP contribution is -2.42. The number of phosphoric ester groups is 1. The highest BCUT2D eigenvalue weighted by Crippen LogP contribution is 2.66. The van der Waals surface area contributed by atoms with Gasteiger partial charge in [-0.2, -0.15) is 8.62 Å². The minimum Gasteiger partial charge on any atom is -0.440 e. The molecular formula is C21H29N8O15P3. The first-order valence-electron chi connectivity index (χ1n) is 13.0. The zero-order chi connectivity index (χ0) is 34.6. The third-order valence-corrected chi connectivity index (χ3v) is 9.96. The zero-order valence-electron chi connectivity index (χ0n) is 23.9. The first-order valence-corrected chi connectivity index (χ1v) is 17.6. The van der Waals surface area contributed by atoms with Crippen molar-refractivity contribution in [3.8, 4) is 0 Å². The van der Waals surface area contributed by atoms with Crippen LogP contribution in [0, 0.1) is 0 Å². The number of carbonyl (C=O) groups excluding carboxylic acids is 2. The van der Waals surface area contributed by atoms with E-state index in [0.717, 1.165) is 6.33 Å². The van der Waals surface area contributed by atoms with Crippen LogP contribution in [0.5, 0.6) is 0 Å². The highest BCUT2D eigenvalue weighted by molar-refractivity contribution is 7.66. The molecule has 3 aromatic rings. The second-order valence-electron chi connectivity index (χ2n) is 9.37. The second kappa shape index (κ2) is 14.7. The van der Waals surface area contributed by atoms with E-state index in [0.29, 0.717) is 11.3 Å². The van der Waals surface area contributed by atoms with Crippen molar-refractivity contribution in [2.24, 2.45) is 0 Å². The molecule has 1 fully saturated rings. The van der Waals surface area contributed by atoms with E-state index in [1.54, 1.807) is 31.3 Å². The Kier molecular flexibility index (Phi) is 11.3. The number of aromatic nitrogens is 4. The van der Waals surface area contributed by atoms with Gasteiger partial charge in [0.25, 0.3) is 5.91 Å². The van der Waals surface area contributed by atoms with E-state index in [9.17, 15) is 38.2 Å². The van der Waals surface area contributed by atoms with Crippen LogP contribution in [0.1, 0.15) is 16.6 Å². The number of ether oxygens (including phenoxy) is 2. The lowest BCUT2D eigenvalue weighted by Gasteiger charge is -2.22. The highest BCUT2D eigenvalue weighted by atomic mass is 31.3. The second-order valence-corrected chi connectivity index (χ2v) is 13.8. The molecule has 3 heterocycles. The van der Waals surface area contributed by atoms with E-state index in [1.807, 2.05) is 0 Å². The minimum atomic E-state index is -5.84. The number of hydrogen-bond donors (Lipinski definition) is 9. The number of anilines is 2. The summed E-state index contributed by atoms with van der Waals surface area (Å²) in [6.45, 7) is -1.26. The quantitative estimate of drug-likeness (QED) is 0.0752. The third-order valence-electron chi connectivity index (χ3n) is 6.15. The summed E-state index contributed by atoms with van der Waals surface area (Å²) in [5, 5.41) is 18.9. The Labute approximate surface area is 263 Å². The number of para-hydroxylation sites is 1. The molecule has 10 N–H and O–H groups in total. The Balaban J connectivity index is 1.44. The molecule has 1 aliphatic heterocycles. The first-order chi connectivity index (χ1) is 22.0. The Bertz CT molecular complexity index is 1750. The van der Waals surface area contributed by atoms with Gasteiger partial charge in [0.15, 0.2) is 23.8 Å². The van der Waals surface area contributed by atoms with E-state index in [2.05, 4.69) is 44.0 Å². The number of carbonyl (C=O) groups is 2. The van der Waals surface area contributed by atoms with E-state index in [4.69, 9.17) is 25.0 Å². The van der Waals surface area contributed by atoms with Crippen molar-refractivity contribution < 1.29 is 70.6 Å². The minimum absolute atomic E-state index is 0.0147. The monoisotopic (exact) mass is 726 g/mol. The van der Waals surface area contributed by atoms with Crippen LogP contribution in [-0.4, -0.2) is 101 Å². The zero-order valence-corrected chi connectivity index (χ0v) is 26.6. The van der Waals surface area contributed by atoms with Gasteiger partial charge in [0, 0.05) is 25.8 Å². The molecule has 23 nitrogen and oxygen atoms in total. The van der Waals surface area contributed by atoms with Crippen LogP contribution in [-0.2, 0) is 36.3 Å². The summed E-state index contributed by atoms with van der Waals surface area (Å²) < 4.78 is 59.1. The Morgan fingerprint density at radius 3 is 2.43 bits per heavy atom. The molecule has 0 aliphatic carbocycles. The number of imidazole rings is 1. The molecule has 47 heavy (non-hydrogen) atoms. The van der Waals surface area contributed by atoms with Crippen LogP contribution in [0.15, 0.2) is 36.9 Å². The normalized spacial score (nSPS) is 22.3. The number of nitrogen functional groups attached to an aromatic ring is 1. The number of aliphatic hydroxyl groups excluding tert-OH is 1. The number of nitrogens with zero attached hydrogens (tertiary/aromatic N) is 4. The fourth-order valence-corrected chi connectivity index (χ4v) is 7.29. The lowest BCUT2D eigenvalue weighted by molar-refractivity contribution is -0.0508. The number of fused-ring (bicyclic) bond motifs is 1. The molecule has 0 saturated carbocycles. The predicted octanol–water partition coefficient (Wildman–Crippen LogP) is -0.423. The summed E-state index contributed by atoms with van der Waals surface area (Å²) in [5.74, 6) is -0.449. The fraction of sp³-hybridized carbons (Fsp3) is 0.381. The van der Waals surface area contributed by atoms with Gasteiger partial charge in [-0.15, -0.1) is 0 Å². The van der Waals surface area contributed by atoms with Gasteiger partial charge in [-0.3, -0.25) is 13.9 Å². The number of nitrogens with one attached hydrogen (secondary N) is 3. The molecular weight excluding hydrogens is 697 g/mol. The SMILES string of the molecule is CNc1ccccc1C(=O)NCCNC(=O)O[C@H]1[C@@H](O)[C@H](n2cnc3c(N)ncnc32)O[C@@H]1COP(=O)(O)OP(=O)(O)OP(=O)(O)O. The molecule has 0 spiro atoms. The number of rotatable bonds is 14. The standard InChI is InChI=1S/C21H29N8O15P3/c1-23-12-5-3-2-4-11(12)19(31)24-6-7-25-21(32)42-16-13(8-40-46(36,37)44-47(38,39)43-45(33,34)35)41-20(15(16)30)29-10-28-14-17(22)26-9-27-18(14)29/h2-5,9-10,13,15-16,20,23,30H,6-8H2,1H3,(H,24,31)(H,25,32)(H,36,37)(H,38,39)(H2,22,26,27)(H2,33,34,35)/t13-,15-,16-,20-/m1/s1. The van der Waals surface area contributed by atoms with E-state index >= 15 is 0 Å². The smallest absolute Gasteiger partial charge is 0.440 e. The molecule has 2 aromatic heterocycles. The van der Waals surface area contributed by atoms with Crippen molar-refractivity contribution >= 4 is 58.1 Å². The van der Waals surface area contributed by atoms with Crippen LogP contribution >= 0.6 is 23.5 Å². The summed E-state index contributed by atoms with van der Waals surface area (Å²) in [7, 11) is -15.5. The van der Waals surface area contributed by atoms with Crippen LogP contribution in [0.25, 0.3) is 11.2 Å². The Morgan fingerprint density at radius 1 is 1.02 bits per heavy atom. The maximum Gasteiger partial charge on any atom is 0.490 e. The van der Waals surface area contributed by atoms with Gasteiger partial charge in [0.05, 0.1) is 18.5 Å². The van der Waals surface area contributed by atoms with Crippen molar-refractivity contribution in [1.29, 1.82) is 0 Å². The number of amides is 2. The molecule has 2 unspecified atom stereocenters. The molecule has 1 aliphatic rings. The summed E-state index contributed by atoms with van der Waals surface area (Å²) in [5.41, 5.74) is 6.92. The fourth-order valence-electron chi connectivity index (χ4n) is 4.26. The van der Waals surface area contributed by atoms with Gasteiger partial charge in [-0.05, 0) is 12.1 Å². The average molecular weight is 726 g/mol. The van der Waals surface area contributed by atoms with Gasteiger partial charge in [0.2, 0.25) is 0 Å². The van der Waals surface area contributed by atoms with Crippen molar-refractivity contribution in [3.05, 3.63) is 42.5 Å². The van der Waals surface area contributed by atoms with Crippen molar-refractivity contribution in [2.45, 2.75) is 24.5 Å². The average Bonchev–Trinajstić information content (AvgIpc) is 3.53. The summed E-state index contributed by atoms with van der Waals surface area (Å²) >= 11 is 0. The van der Waals surface area contributed by atoms with Gasteiger partial charge in [-0.1, -0.05) is 12.1 Å². The van der Waals surface area contributed by atoms with E-state index < -0.39 is 66.6 Å². The number of hydrogen-bond acceptors (Lipinski definition) is 16. The molecule has 1 saturated heterocycles. The maximum atomic E-state index is 12.7. The van der Waals surface area contributed by atoms with E-state index in [-0.39, 0.29) is 30.1 Å². The molecule has 1 aromatic carbocycles. The summed E-state index contributed by atoms with van der Waals surface area (Å²) in [6.07, 6.45) is -5.30. The van der Waals surface area contributed by atoms with Gasteiger partial charge in [0.1, 0.15) is 24.1 Å². The number of phosphoric acid groups is 3. The molecule has 258 valence electrons. The molecule has 4 rings (SSSR count). The van der Waals surface area contributed by atoms with Crippen LogP contribution < -0.4 is 21.7 Å². The van der Waals surface area contributed by atoms with Gasteiger partial charge < -0.3 is 55.8 Å². The lowest BCUT2D eigenvalue weighted by atomic mass is 10.1. The third kappa shape index (κ3) is 9.51. The van der Waals surface area contributed by atoms with Crippen molar-refractivity contribution in [2.75, 3.05) is 37.8 Å². The van der Waals surface area contributed by atoms with Crippen molar-refractivity contribution in [1.82, 2.24) is 30.2 Å². The Morgan fingerprint density at radius 2 is 1.72 bits per heavy atom. The first kappa shape index (κ1) is 36.3. The molecule has 26 heteroatoms. The Hall–Kier alpha value is -3.56. The summed E-state index contributed by atoms with van der Waals surface area (Å²) in [4.78, 5) is 73.7. The van der Waals surface area contributed by atoms with E-state index in [1.165, 1.54) is 10.9 Å². The van der Waals surface area contributed by atoms with Crippen molar-refractivity contribution in [3.63, 3.8) is 0 Å². The maximum absolute atomic E-state index is 12.7. The topological polar surface area (TPSA) is 338 Å². The molecule has 0 radical (unpaired) electrons. The summed E-state index contributed by atoms with van der Waals surface area (Å²) in [6, 6.07) is 6.69. The van der Waals surface area contributed by atoms with Crippen LogP contribution in [0.4, 0.5) is 16.3 Å². The van der Waals surface area contributed by atoms with Gasteiger partial charge in [-0.25, -0.2) is 33.4 Å². The number of aliphatic hydroxyl groups is 1. The largest absolute Gasteiger partial charge is 0.490 e. The molecule has 6 atom stereocenters. The van der Waals surface area contributed by atoms with Crippen LogP contribution in [0.3, 0.4) is 0 Å². The van der Waals surface area contributed by atoms with Crippen LogP contribution in [0.2, 0.25) is 0 Å². The molecule has 0 bridgehead atoms. The predicted molar refractivity (Wildman–Crippen MR) is 156 cm³/mol. The molecule has 2 amide bonds. The number of nitrogens with two attached hydrogens (primary N) is 1. The highest BCUT2D eigenvalue weighted by Gasteiger charge is 2.49.